The quantitative estimate of drug-likeness (QED) is 0.479. The van der Waals surface area contributed by atoms with Crippen LogP contribution < -0.4 is 11.3 Å². The van der Waals surface area contributed by atoms with Gasteiger partial charge in [0.25, 0.3) is 5.56 Å². The molecule has 1 aliphatic rings. The van der Waals surface area contributed by atoms with Crippen molar-refractivity contribution in [2.45, 2.75) is 31.4 Å². The number of pyridine rings is 2. The van der Waals surface area contributed by atoms with Crippen molar-refractivity contribution < 1.29 is 8.78 Å². The third kappa shape index (κ3) is 3.33. The maximum absolute atomic E-state index is 13.2. The smallest absolute Gasteiger partial charge is 0.321 e. The fourth-order valence-corrected chi connectivity index (χ4v) is 4.20. The minimum absolute atomic E-state index is 0.164. The summed E-state index contributed by atoms with van der Waals surface area (Å²) < 4.78 is 26.9. The first-order valence-corrected chi connectivity index (χ1v) is 10.3. The van der Waals surface area contributed by atoms with Crippen LogP contribution in [0.1, 0.15) is 31.4 Å². The van der Waals surface area contributed by atoms with Crippen molar-refractivity contribution in [1.82, 2.24) is 9.55 Å². The Morgan fingerprint density at radius 1 is 0.968 bits per heavy atom. The summed E-state index contributed by atoms with van der Waals surface area (Å²) in [5.74, 6) is 0. The second kappa shape index (κ2) is 7.39. The SMILES string of the molecule is NC1(c2ccc(-c3nc4ccn(C(F)F)c(=O)c4cc3-c3ccccc3)cc2)CCC1. The molecule has 0 bridgehead atoms. The van der Waals surface area contributed by atoms with E-state index in [1.165, 1.54) is 6.07 Å². The maximum atomic E-state index is 13.2. The average molecular weight is 417 g/mol. The highest BCUT2D eigenvalue weighted by Crippen LogP contribution is 2.40. The second-order valence-corrected chi connectivity index (χ2v) is 8.08. The molecule has 6 heteroatoms. The van der Waals surface area contributed by atoms with Gasteiger partial charge in [0.2, 0.25) is 0 Å². The molecule has 1 aliphatic carbocycles. The molecule has 2 aromatic heterocycles. The molecule has 2 N–H and O–H groups in total. The van der Waals surface area contributed by atoms with Gasteiger partial charge in [0, 0.05) is 22.9 Å². The van der Waals surface area contributed by atoms with Gasteiger partial charge in [0.05, 0.1) is 16.6 Å². The predicted octanol–water partition coefficient (Wildman–Crippen LogP) is 5.46. The highest BCUT2D eigenvalue weighted by molar-refractivity contribution is 5.91. The van der Waals surface area contributed by atoms with Gasteiger partial charge in [-0.3, -0.25) is 9.36 Å². The number of benzene rings is 2. The van der Waals surface area contributed by atoms with E-state index in [-0.39, 0.29) is 10.9 Å². The van der Waals surface area contributed by atoms with Crippen LogP contribution in [0, 0.1) is 0 Å². The number of hydrogen-bond acceptors (Lipinski definition) is 3. The molecule has 1 fully saturated rings. The van der Waals surface area contributed by atoms with Crippen LogP contribution in [0.5, 0.6) is 0 Å². The molecule has 0 unspecified atom stereocenters. The molecule has 0 amide bonds. The minimum Gasteiger partial charge on any atom is -0.321 e. The van der Waals surface area contributed by atoms with Crippen LogP contribution in [0.4, 0.5) is 8.78 Å². The minimum atomic E-state index is -2.90. The first kappa shape index (κ1) is 19.6. The zero-order valence-corrected chi connectivity index (χ0v) is 16.8. The lowest BCUT2D eigenvalue weighted by Crippen LogP contribution is -2.43. The molecule has 1 saturated carbocycles. The van der Waals surface area contributed by atoms with E-state index in [2.05, 4.69) is 0 Å². The number of rotatable bonds is 4. The Hall–Kier alpha value is -3.38. The molecule has 0 radical (unpaired) electrons. The Kier molecular flexibility index (Phi) is 4.67. The van der Waals surface area contributed by atoms with Crippen molar-refractivity contribution in [2.75, 3.05) is 0 Å². The maximum Gasteiger partial charge on any atom is 0.321 e. The van der Waals surface area contributed by atoms with Gasteiger partial charge in [-0.05, 0) is 42.5 Å². The van der Waals surface area contributed by atoms with Crippen molar-refractivity contribution in [3.8, 4) is 22.4 Å². The fraction of sp³-hybridized carbons (Fsp3) is 0.200. The Balaban J connectivity index is 1.71. The van der Waals surface area contributed by atoms with Crippen LogP contribution in [0.2, 0.25) is 0 Å². The van der Waals surface area contributed by atoms with Crippen molar-refractivity contribution in [1.29, 1.82) is 0 Å². The Morgan fingerprint density at radius 3 is 2.29 bits per heavy atom. The van der Waals surface area contributed by atoms with Crippen LogP contribution in [0.3, 0.4) is 0 Å². The third-order valence-electron chi connectivity index (χ3n) is 6.18. The molecule has 5 rings (SSSR count). The van der Waals surface area contributed by atoms with Gasteiger partial charge in [-0.15, -0.1) is 0 Å². The van der Waals surface area contributed by atoms with Crippen LogP contribution in [0.15, 0.2) is 77.7 Å². The molecule has 156 valence electrons. The Bertz CT molecular complexity index is 1310. The van der Waals surface area contributed by atoms with E-state index in [1.54, 1.807) is 6.07 Å². The van der Waals surface area contributed by atoms with E-state index in [1.807, 2.05) is 54.6 Å². The number of alkyl halides is 2. The summed E-state index contributed by atoms with van der Waals surface area (Å²) in [5.41, 5.74) is 10.1. The van der Waals surface area contributed by atoms with Crippen LogP contribution >= 0.6 is 0 Å². The number of nitrogens with zero attached hydrogens (tertiary/aromatic N) is 2. The molecule has 2 aromatic carbocycles. The van der Waals surface area contributed by atoms with Crippen LogP contribution in [-0.4, -0.2) is 9.55 Å². The van der Waals surface area contributed by atoms with Gasteiger partial charge in [0.1, 0.15) is 0 Å². The molecule has 31 heavy (non-hydrogen) atoms. The summed E-state index contributed by atoms with van der Waals surface area (Å²) in [5, 5.41) is 0.164. The van der Waals surface area contributed by atoms with Crippen LogP contribution in [-0.2, 0) is 5.54 Å². The molecule has 4 nitrogen and oxygen atoms in total. The topological polar surface area (TPSA) is 60.9 Å². The normalized spacial score (nSPS) is 15.2. The van der Waals surface area contributed by atoms with Gasteiger partial charge in [0.15, 0.2) is 0 Å². The molecule has 0 atom stereocenters. The number of nitrogens with two attached hydrogens (primary N) is 1. The summed E-state index contributed by atoms with van der Waals surface area (Å²) >= 11 is 0. The van der Waals surface area contributed by atoms with Gasteiger partial charge in [-0.25, -0.2) is 4.98 Å². The summed E-state index contributed by atoms with van der Waals surface area (Å²) in [6, 6.07) is 20.7. The highest BCUT2D eigenvalue weighted by atomic mass is 19.3. The lowest BCUT2D eigenvalue weighted by atomic mass is 9.72. The van der Waals surface area contributed by atoms with E-state index in [4.69, 9.17) is 10.7 Å². The summed E-state index contributed by atoms with van der Waals surface area (Å²) in [7, 11) is 0. The number of fused-ring (bicyclic) bond motifs is 1. The Labute approximate surface area is 178 Å². The molecular formula is C25H21F2N3O. The highest BCUT2D eigenvalue weighted by Gasteiger charge is 2.34. The second-order valence-electron chi connectivity index (χ2n) is 8.08. The van der Waals surface area contributed by atoms with E-state index in [9.17, 15) is 13.6 Å². The van der Waals surface area contributed by atoms with Gasteiger partial charge in [-0.2, -0.15) is 8.78 Å². The fourth-order valence-electron chi connectivity index (χ4n) is 4.20. The monoisotopic (exact) mass is 417 g/mol. The Morgan fingerprint density at radius 2 is 1.68 bits per heavy atom. The standard InChI is InChI=1S/C25H21F2N3O/c26-24(27)30-14-11-21-20(23(30)31)15-19(16-5-2-1-3-6-16)22(29-21)17-7-9-18(10-8-17)25(28)12-4-13-25/h1-3,5-11,14-15,24H,4,12-13,28H2. The molecule has 4 aromatic rings. The van der Waals surface area contributed by atoms with E-state index in [0.29, 0.717) is 15.8 Å². The van der Waals surface area contributed by atoms with E-state index >= 15 is 0 Å². The third-order valence-corrected chi connectivity index (χ3v) is 6.18. The van der Waals surface area contributed by atoms with Crippen molar-refractivity contribution in [2.24, 2.45) is 5.73 Å². The van der Waals surface area contributed by atoms with E-state index < -0.39 is 12.1 Å². The zero-order valence-electron chi connectivity index (χ0n) is 16.8. The summed E-state index contributed by atoms with van der Waals surface area (Å²) in [6.07, 6.45) is 4.18. The molecular weight excluding hydrogens is 396 g/mol. The lowest BCUT2D eigenvalue weighted by Gasteiger charge is -2.38. The van der Waals surface area contributed by atoms with Crippen LogP contribution in [0.25, 0.3) is 33.3 Å². The average Bonchev–Trinajstić information content (AvgIpc) is 2.77. The van der Waals surface area contributed by atoms with Crippen molar-refractivity contribution in [3.05, 3.63) is 88.8 Å². The first-order chi connectivity index (χ1) is 15.0. The lowest BCUT2D eigenvalue weighted by molar-refractivity contribution is 0.0669. The molecule has 0 saturated heterocycles. The zero-order chi connectivity index (χ0) is 21.6. The van der Waals surface area contributed by atoms with Gasteiger partial charge in [-0.1, -0.05) is 54.6 Å². The van der Waals surface area contributed by atoms with Crippen molar-refractivity contribution in [3.63, 3.8) is 0 Å². The van der Waals surface area contributed by atoms with Gasteiger partial charge < -0.3 is 5.73 Å². The predicted molar refractivity (Wildman–Crippen MR) is 118 cm³/mol. The molecule has 2 heterocycles. The van der Waals surface area contributed by atoms with Gasteiger partial charge >= 0.3 is 6.55 Å². The largest absolute Gasteiger partial charge is 0.321 e. The number of hydrogen-bond donors (Lipinski definition) is 1. The first-order valence-electron chi connectivity index (χ1n) is 10.3. The summed E-state index contributed by atoms with van der Waals surface area (Å²) in [4.78, 5) is 17.3. The number of halogens is 2. The van der Waals surface area contributed by atoms with E-state index in [0.717, 1.165) is 47.7 Å². The van der Waals surface area contributed by atoms with Crippen molar-refractivity contribution >= 4 is 10.9 Å². The number of aromatic nitrogens is 2. The molecule has 0 aliphatic heterocycles. The summed E-state index contributed by atoms with van der Waals surface area (Å²) in [6.45, 7) is -2.90. The molecule has 0 spiro atoms.